The molecule has 5 heterocycles. The molecule has 236 valence electrons. The van der Waals surface area contributed by atoms with Crippen molar-refractivity contribution < 1.29 is 19.1 Å². The number of hydrogen-bond donors (Lipinski definition) is 1. The molecule has 45 heavy (non-hydrogen) atoms. The molecule has 3 bridgehead atoms. The number of allylic oxidation sites excluding steroid dienone is 3. The molecule has 5 aliphatic heterocycles. The summed E-state index contributed by atoms with van der Waals surface area (Å²) in [5.41, 5.74) is 3.02. The van der Waals surface area contributed by atoms with Crippen LogP contribution < -0.4 is 10.1 Å². The van der Waals surface area contributed by atoms with E-state index >= 15 is 0 Å². The highest BCUT2D eigenvalue weighted by molar-refractivity contribution is 7.98. The van der Waals surface area contributed by atoms with Crippen molar-refractivity contribution in [3.05, 3.63) is 102 Å². The monoisotopic (exact) mass is 627 g/mol. The first-order chi connectivity index (χ1) is 21.9. The minimum absolute atomic E-state index is 0.0521. The number of methoxy groups -OCH3 is 1. The largest absolute Gasteiger partial charge is 0.497 e. The van der Waals surface area contributed by atoms with Crippen LogP contribution in [0.2, 0.25) is 0 Å². The molecule has 9 nitrogen and oxygen atoms in total. The van der Waals surface area contributed by atoms with Gasteiger partial charge in [-0.25, -0.2) is 14.8 Å². The van der Waals surface area contributed by atoms with E-state index in [1.807, 2.05) is 36.2 Å². The minimum atomic E-state index is -0.452. The Morgan fingerprint density at radius 2 is 1.89 bits per heavy atom. The minimum Gasteiger partial charge on any atom is -0.497 e. The molecular weight excluding hydrogens is 586 g/mol. The Kier molecular flexibility index (Phi) is 8.24. The molecule has 3 fully saturated rings. The van der Waals surface area contributed by atoms with E-state index in [0.29, 0.717) is 13.1 Å². The Hall–Kier alpha value is -3.57. The van der Waals surface area contributed by atoms with Crippen molar-refractivity contribution in [3.63, 3.8) is 0 Å². The lowest BCUT2D eigenvalue weighted by atomic mass is 9.69. The van der Waals surface area contributed by atoms with Crippen LogP contribution in [0.5, 0.6) is 5.75 Å². The van der Waals surface area contributed by atoms with Crippen molar-refractivity contribution in [3.8, 4) is 5.75 Å². The van der Waals surface area contributed by atoms with E-state index in [1.54, 1.807) is 28.9 Å². The number of rotatable bonds is 7. The molecule has 3 saturated heterocycles. The summed E-state index contributed by atoms with van der Waals surface area (Å²) in [5.74, 6) is 1.85. The number of carbonyl (C=O) groups is 2. The zero-order valence-electron chi connectivity index (χ0n) is 26.0. The van der Waals surface area contributed by atoms with Crippen LogP contribution in [-0.2, 0) is 16.1 Å². The number of hydrogen-bond acceptors (Lipinski definition) is 7. The second-order valence-electron chi connectivity index (χ2n) is 12.4. The van der Waals surface area contributed by atoms with Crippen LogP contribution >= 0.6 is 11.8 Å². The molecule has 2 aromatic carbocycles. The summed E-state index contributed by atoms with van der Waals surface area (Å²) in [6.45, 7) is 1.80. The summed E-state index contributed by atoms with van der Waals surface area (Å²) < 4.78 is 11.9. The highest BCUT2D eigenvalue weighted by atomic mass is 32.2. The second-order valence-corrected chi connectivity index (χ2v) is 13.4. The number of nitrogens with zero attached hydrogens (tertiary/aromatic N) is 4. The van der Waals surface area contributed by atoms with Gasteiger partial charge in [-0.2, -0.15) is 11.8 Å². The molecule has 0 aromatic heterocycles. The molecule has 4 unspecified atom stereocenters. The van der Waals surface area contributed by atoms with E-state index in [1.165, 1.54) is 11.1 Å². The average molecular weight is 628 g/mol. The number of likely N-dealkylation sites (N-methyl/N-ethyl adjacent to an activating group) is 1. The molecule has 0 aliphatic carbocycles. The van der Waals surface area contributed by atoms with Gasteiger partial charge in [0.1, 0.15) is 29.7 Å². The van der Waals surface area contributed by atoms with Gasteiger partial charge >= 0.3 is 6.03 Å². The van der Waals surface area contributed by atoms with Crippen LogP contribution in [0.3, 0.4) is 0 Å². The van der Waals surface area contributed by atoms with Gasteiger partial charge in [0.2, 0.25) is 5.91 Å². The molecule has 6 atom stereocenters. The van der Waals surface area contributed by atoms with Gasteiger partial charge in [0.05, 0.1) is 19.7 Å². The number of amides is 3. The van der Waals surface area contributed by atoms with E-state index in [-0.39, 0.29) is 42.7 Å². The number of hydrazine groups is 1. The van der Waals surface area contributed by atoms with Gasteiger partial charge < -0.3 is 19.7 Å². The third-order valence-corrected chi connectivity index (χ3v) is 10.7. The van der Waals surface area contributed by atoms with Crippen molar-refractivity contribution in [1.82, 2.24) is 25.1 Å². The summed E-state index contributed by atoms with van der Waals surface area (Å²) in [4.78, 5) is 32.7. The normalized spacial score (nSPS) is 31.4. The third-order valence-electron chi connectivity index (χ3n) is 10.1. The highest BCUT2D eigenvalue weighted by Crippen LogP contribution is 2.53. The van der Waals surface area contributed by atoms with Crippen molar-refractivity contribution >= 4 is 23.7 Å². The van der Waals surface area contributed by atoms with Crippen LogP contribution in [0.15, 0.2) is 90.6 Å². The highest BCUT2D eigenvalue weighted by Gasteiger charge is 2.69. The number of piperazine rings is 1. The number of benzene rings is 2. The first kappa shape index (κ1) is 30.1. The van der Waals surface area contributed by atoms with Crippen LogP contribution in [-0.4, -0.2) is 108 Å². The summed E-state index contributed by atoms with van der Waals surface area (Å²) in [7, 11) is 3.47. The van der Waals surface area contributed by atoms with Crippen molar-refractivity contribution in [2.75, 3.05) is 45.8 Å². The van der Waals surface area contributed by atoms with Gasteiger partial charge in [0.15, 0.2) is 0 Å². The van der Waals surface area contributed by atoms with E-state index in [0.717, 1.165) is 30.0 Å². The van der Waals surface area contributed by atoms with E-state index in [4.69, 9.17) is 9.47 Å². The maximum absolute atomic E-state index is 14.1. The quantitative estimate of drug-likeness (QED) is 0.497. The molecule has 7 rings (SSSR count). The number of nitrogens with one attached hydrogen (secondary N) is 1. The zero-order valence-corrected chi connectivity index (χ0v) is 26.9. The molecule has 1 N–H and O–H groups in total. The SMILES string of the molecule is COc1ccc(CNC(=O)N2[C@H]3CN4CC(c5ccccc5)C5=CC6OC(/C=C\C=C5)C64[C@H](CCSC)N3C(=O)CN2C)cc1. The summed E-state index contributed by atoms with van der Waals surface area (Å²) in [5, 5.41) is 6.68. The molecule has 0 saturated carbocycles. The fourth-order valence-electron chi connectivity index (χ4n) is 8.01. The summed E-state index contributed by atoms with van der Waals surface area (Å²) in [6.07, 6.45) is 13.0. The number of carbonyl (C=O) groups excluding carboxylic acids is 2. The Morgan fingerprint density at radius 3 is 2.64 bits per heavy atom. The van der Waals surface area contributed by atoms with Crippen LogP contribution in [0.1, 0.15) is 23.5 Å². The smallest absolute Gasteiger partial charge is 0.334 e. The lowest BCUT2D eigenvalue weighted by Crippen LogP contribution is -2.88. The van der Waals surface area contributed by atoms with E-state index in [2.05, 4.69) is 77.2 Å². The van der Waals surface area contributed by atoms with Crippen LogP contribution in [0, 0.1) is 0 Å². The van der Waals surface area contributed by atoms with E-state index in [9.17, 15) is 9.59 Å². The van der Waals surface area contributed by atoms with Gasteiger partial charge in [-0.3, -0.25) is 9.69 Å². The number of fused-ring (bicyclic) bond motifs is 2. The van der Waals surface area contributed by atoms with Gasteiger partial charge in [0, 0.05) is 32.6 Å². The average Bonchev–Trinajstić information content (AvgIpc) is 3.13. The van der Waals surface area contributed by atoms with Crippen LogP contribution in [0.25, 0.3) is 0 Å². The third kappa shape index (κ3) is 5.08. The first-order valence-electron chi connectivity index (χ1n) is 15.7. The number of thioether (sulfide) groups is 1. The molecule has 10 heteroatoms. The number of urea groups is 1. The Balaban J connectivity index is 1.27. The van der Waals surface area contributed by atoms with Gasteiger partial charge in [-0.1, -0.05) is 66.8 Å². The molecule has 1 spiro atoms. The van der Waals surface area contributed by atoms with E-state index < -0.39 is 11.7 Å². The zero-order chi connectivity index (χ0) is 31.1. The maximum atomic E-state index is 14.1. The summed E-state index contributed by atoms with van der Waals surface area (Å²) in [6, 6.07) is 18.0. The molecule has 3 amide bonds. The lowest BCUT2D eigenvalue weighted by molar-refractivity contribution is -0.285. The Bertz CT molecular complexity index is 1510. The predicted molar refractivity (Wildman–Crippen MR) is 176 cm³/mol. The van der Waals surface area contributed by atoms with Crippen molar-refractivity contribution in [2.45, 2.75) is 48.8 Å². The predicted octanol–water partition coefficient (Wildman–Crippen LogP) is 4.02. The van der Waals surface area contributed by atoms with Gasteiger partial charge in [-0.15, -0.1) is 0 Å². The number of ether oxygens (including phenoxy) is 2. The Morgan fingerprint density at radius 1 is 1.09 bits per heavy atom. The summed E-state index contributed by atoms with van der Waals surface area (Å²) >= 11 is 1.79. The fraction of sp³-hybridized carbons (Fsp3) is 0.429. The maximum Gasteiger partial charge on any atom is 0.334 e. The van der Waals surface area contributed by atoms with Crippen LogP contribution in [0.4, 0.5) is 4.79 Å². The second kappa shape index (κ2) is 12.3. The molecule has 5 aliphatic rings. The van der Waals surface area contributed by atoms with Gasteiger partial charge in [0.25, 0.3) is 0 Å². The van der Waals surface area contributed by atoms with Gasteiger partial charge in [-0.05, 0) is 53.3 Å². The molecule has 0 radical (unpaired) electrons. The standard InChI is InChI=1S/C35H41N5O4S/c1-37-23-33(41)39-29(17-18-45-3)35-30-12-8-7-11-26(19-31(35)44-30)28(25-9-5-4-6-10-25)21-38(35)22-32(39)40(37)34(42)36-20-24-13-15-27(43-2)16-14-24/h4-16,19,28-32H,17-18,20-23H2,1-3H3,(H,36,42)/b11-7?,12-8-/t28?,29-,30?,31?,32-,35?/m0/s1. The van der Waals surface area contributed by atoms with Crippen molar-refractivity contribution in [1.29, 1.82) is 0 Å². The first-order valence-corrected chi connectivity index (χ1v) is 17.1. The topological polar surface area (TPSA) is 77.6 Å². The molecule has 2 aromatic rings. The lowest BCUT2D eigenvalue weighted by Gasteiger charge is -2.69. The molecular formula is C35H41N5O4S. The fourth-order valence-corrected chi connectivity index (χ4v) is 8.46. The van der Waals surface area contributed by atoms with Crippen molar-refractivity contribution in [2.24, 2.45) is 0 Å². The Labute approximate surface area is 269 Å².